The average Bonchev–Trinajstić information content (AvgIpc) is 2.47. The van der Waals surface area contributed by atoms with Crippen LogP contribution in [0.1, 0.15) is 33.6 Å². The van der Waals surface area contributed by atoms with Crippen molar-refractivity contribution in [2.75, 3.05) is 6.54 Å². The molecule has 0 saturated heterocycles. The number of hydrogen-bond donors (Lipinski definition) is 1. The standard InChI is InChI=1S/C14H22N2O4S/c1-4-10-15-12(5-2)11(3)21(19,20)14-9-7-6-8-13(14)16(17)18/h6-9,11-12,15H,4-5,10H2,1-3H3. The highest BCUT2D eigenvalue weighted by molar-refractivity contribution is 7.92. The number of benzene rings is 1. The summed E-state index contributed by atoms with van der Waals surface area (Å²) in [5, 5.41) is 13.5. The first-order valence-corrected chi connectivity index (χ1v) is 8.61. The molecular formula is C14H22N2O4S. The minimum absolute atomic E-state index is 0.209. The van der Waals surface area contributed by atoms with Crippen LogP contribution < -0.4 is 5.32 Å². The number of sulfone groups is 1. The number of nitro groups is 1. The highest BCUT2D eigenvalue weighted by Gasteiger charge is 2.34. The fourth-order valence-corrected chi connectivity index (χ4v) is 4.06. The van der Waals surface area contributed by atoms with E-state index in [0.717, 1.165) is 13.0 Å². The second-order valence-electron chi connectivity index (χ2n) is 4.94. The molecule has 0 bridgehead atoms. The average molecular weight is 314 g/mol. The van der Waals surface area contributed by atoms with Crippen molar-refractivity contribution in [2.45, 2.75) is 49.8 Å². The van der Waals surface area contributed by atoms with Crippen molar-refractivity contribution in [1.29, 1.82) is 0 Å². The molecule has 0 aliphatic rings. The van der Waals surface area contributed by atoms with Gasteiger partial charge in [-0.3, -0.25) is 10.1 Å². The molecule has 21 heavy (non-hydrogen) atoms. The van der Waals surface area contributed by atoms with E-state index in [0.29, 0.717) is 6.42 Å². The summed E-state index contributed by atoms with van der Waals surface area (Å²) in [6, 6.07) is 5.27. The van der Waals surface area contributed by atoms with Gasteiger partial charge in [-0.05, 0) is 32.4 Å². The molecule has 0 fully saturated rings. The quantitative estimate of drug-likeness (QED) is 0.588. The van der Waals surface area contributed by atoms with Crippen LogP contribution in [-0.4, -0.2) is 31.2 Å². The largest absolute Gasteiger partial charge is 0.313 e. The van der Waals surface area contributed by atoms with E-state index < -0.39 is 20.0 Å². The van der Waals surface area contributed by atoms with Crippen LogP contribution in [0.3, 0.4) is 0 Å². The summed E-state index contributed by atoms with van der Waals surface area (Å²) in [4.78, 5) is 10.2. The molecule has 1 N–H and O–H groups in total. The highest BCUT2D eigenvalue weighted by atomic mass is 32.2. The Hall–Kier alpha value is -1.47. The van der Waals surface area contributed by atoms with E-state index in [-0.39, 0.29) is 16.6 Å². The molecule has 0 aliphatic heterocycles. The number of para-hydroxylation sites is 1. The predicted octanol–water partition coefficient (Wildman–Crippen LogP) is 2.54. The van der Waals surface area contributed by atoms with Crippen LogP contribution in [0.5, 0.6) is 0 Å². The monoisotopic (exact) mass is 314 g/mol. The molecule has 1 rings (SSSR count). The van der Waals surface area contributed by atoms with Gasteiger partial charge in [-0.2, -0.15) is 0 Å². The lowest BCUT2D eigenvalue weighted by Crippen LogP contribution is -2.42. The van der Waals surface area contributed by atoms with Gasteiger partial charge >= 0.3 is 0 Å². The Morgan fingerprint density at radius 3 is 2.43 bits per heavy atom. The maximum atomic E-state index is 12.7. The van der Waals surface area contributed by atoms with Gasteiger partial charge in [0.15, 0.2) is 9.84 Å². The molecule has 0 aliphatic carbocycles. The zero-order chi connectivity index (χ0) is 16.0. The van der Waals surface area contributed by atoms with Crippen LogP contribution in [0.15, 0.2) is 29.2 Å². The molecular weight excluding hydrogens is 292 g/mol. The zero-order valence-electron chi connectivity index (χ0n) is 12.6. The Labute approximate surface area is 125 Å². The number of nitro benzene ring substituents is 1. The van der Waals surface area contributed by atoms with Gasteiger partial charge in [0.05, 0.1) is 10.2 Å². The Morgan fingerprint density at radius 1 is 1.29 bits per heavy atom. The van der Waals surface area contributed by atoms with Crippen LogP contribution in [0.25, 0.3) is 0 Å². The summed E-state index contributed by atoms with van der Waals surface area (Å²) in [6.45, 7) is 6.22. The van der Waals surface area contributed by atoms with Gasteiger partial charge in [-0.15, -0.1) is 0 Å². The topological polar surface area (TPSA) is 89.3 Å². The van der Waals surface area contributed by atoms with E-state index in [2.05, 4.69) is 5.32 Å². The lowest BCUT2D eigenvalue weighted by Gasteiger charge is -2.24. The number of rotatable bonds is 8. The van der Waals surface area contributed by atoms with Gasteiger partial charge in [-0.1, -0.05) is 26.0 Å². The van der Waals surface area contributed by atoms with E-state index in [4.69, 9.17) is 0 Å². The van der Waals surface area contributed by atoms with E-state index >= 15 is 0 Å². The van der Waals surface area contributed by atoms with Crippen molar-refractivity contribution in [2.24, 2.45) is 0 Å². The summed E-state index contributed by atoms with van der Waals surface area (Å²) in [6.07, 6.45) is 1.54. The van der Waals surface area contributed by atoms with Gasteiger partial charge in [0.2, 0.25) is 0 Å². The second-order valence-corrected chi connectivity index (χ2v) is 7.22. The molecule has 0 saturated carbocycles. The van der Waals surface area contributed by atoms with Crippen LogP contribution in [0.2, 0.25) is 0 Å². The van der Waals surface area contributed by atoms with E-state index in [1.165, 1.54) is 24.3 Å². The summed E-state index contributed by atoms with van der Waals surface area (Å²) in [5.41, 5.74) is -0.366. The van der Waals surface area contributed by atoms with Gasteiger partial charge in [0, 0.05) is 12.1 Å². The highest BCUT2D eigenvalue weighted by Crippen LogP contribution is 2.28. The maximum absolute atomic E-state index is 12.7. The van der Waals surface area contributed by atoms with Crippen LogP contribution in [-0.2, 0) is 9.84 Å². The van der Waals surface area contributed by atoms with Crippen molar-refractivity contribution in [3.8, 4) is 0 Å². The van der Waals surface area contributed by atoms with Crippen molar-refractivity contribution in [1.82, 2.24) is 5.32 Å². The summed E-state index contributed by atoms with van der Waals surface area (Å²) < 4.78 is 25.4. The first kappa shape index (κ1) is 17.6. The van der Waals surface area contributed by atoms with E-state index in [1.807, 2.05) is 13.8 Å². The Balaban J connectivity index is 3.18. The van der Waals surface area contributed by atoms with Crippen molar-refractivity contribution >= 4 is 15.5 Å². The Bertz CT molecular complexity index is 586. The minimum atomic E-state index is -3.76. The van der Waals surface area contributed by atoms with E-state index in [9.17, 15) is 18.5 Å². The number of nitrogens with one attached hydrogen (secondary N) is 1. The summed E-state index contributed by atoms with van der Waals surface area (Å²) in [7, 11) is -3.76. The molecule has 0 aromatic heterocycles. The third kappa shape index (κ3) is 4.01. The lowest BCUT2D eigenvalue weighted by atomic mass is 10.1. The SMILES string of the molecule is CCCNC(CC)C(C)S(=O)(=O)c1ccccc1[N+](=O)[O-]. The molecule has 1 aromatic carbocycles. The Kier molecular flexibility index (Phi) is 6.29. The zero-order valence-corrected chi connectivity index (χ0v) is 13.4. The maximum Gasteiger partial charge on any atom is 0.287 e. The molecule has 2 unspecified atom stereocenters. The van der Waals surface area contributed by atoms with Gasteiger partial charge in [-0.25, -0.2) is 8.42 Å². The number of nitrogens with zero attached hydrogens (tertiary/aromatic N) is 1. The number of hydrogen-bond acceptors (Lipinski definition) is 5. The lowest BCUT2D eigenvalue weighted by molar-refractivity contribution is -0.387. The van der Waals surface area contributed by atoms with Crippen LogP contribution >= 0.6 is 0 Å². The first-order valence-electron chi connectivity index (χ1n) is 7.06. The predicted molar refractivity (Wildman–Crippen MR) is 82.1 cm³/mol. The molecule has 0 heterocycles. The summed E-state index contributed by atoms with van der Waals surface area (Å²) >= 11 is 0. The van der Waals surface area contributed by atoms with Crippen molar-refractivity contribution < 1.29 is 13.3 Å². The van der Waals surface area contributed by atoms with Crippen LogP contribution in [0, 0.1) is 10.1 Å². The molecule has 0 amide bonds. The van der Waals surface area contributed by atoms with Gasteiger partial charge < -0.3 is 5.32 Å². The van der Waals surface area contributed by atoms with Crippen molar-refractivity contribution in [3.63, 3.8) is 0 Å². The van der Waals surface area contributed by atoms with Gasteiger partial charge in [0.25, 0.3) is 5.69 Å². The van der Waals surface area contributed by atoms with Gasteiger partial charge in [0.1, 0.15) is 4.90 Å². The molecule has 6 nitrogen and oxygen atoms in total. The molecule has 2 atom stereocenters. The fourth-order valence-electron chi connectivity index (χ4n) is 2.24. The first-order chi connectivity index (χ1) is 9.86. The third-order valence-corrected chi connectivity index (χ3v) is 5.79. The van der Waals surface area contributed by atoms with Crippen molar-refractivity contribution in [3.05, 3.63) is 34.4 Å². The molecule has 118 valence electrons. The normalized spacial score (nSPS) is 14.6. The second kappa shape index (κ2) is 7.51. The fraction of sp³-hybridized carbons (Fsp3) is 0.571. The molecule has 1 aromatic rings. The molecule has 7 heteroatoms. The van der Waals surface area contributed by atoms with E-state index in [1.54, 1.807) is 6.92 Å². The minimum Gasteiger partial charge on any atom is -0.313 e. The third-order valence-electron chi connectivity index (χ3n) is 3.52. The smallest absolute Gasteiger partial charge is 0.287 e. The Morgan fingerprint density at radius 2 is 1.90 bits per heavy atom. The van der Waals surface area contributed by atoms with Crippen LogP contribution in [0.4, 0.5) is 5.69 Å². The molecule has 0 radical (unpaired) electrons. The summed E-state index contributed by atoms with van der Waals surface area (Å²) in [5.74, 6) is 0. The molecule has 0 spiro atoms.